The number of rotatable bonds is 5. The Morgan fingerprint density at radius 2 is 1.82 bits per heavy atom. The number of carbonyl (C=O) groups is 2. The lowest BCUT2D eigenvalue weighted by atomic mass is 10.0. The molecule has 0 radical (unpaired) electrons. The fraction of sp³-hybridized carbons (Fsp3) is 0.364. The summed E-state index contributed by atoms with van der Waals surface area (Å²) in [5.74, 6) is 0.766. The highest BCUT2D eigenvalue weighted by molar-refractivity contribution is 6.01. The molecule has 0 atom stereocenters. The fourth-order valence-corrected chi connectivity index (χ4v) is 3.90. The number of fused-ring (bicyclic) bond motifs is 1. The summed E-state index contributed by atoms with van der Waals surface area (Å²) in [5.41, 5.74) is 3.01. The number of nitrogens with zero attached hydrogens (tertiary/aromatic N) is 3. The summed E-state index contributed by atoms with van der Waals surface area (Å²) < 4.78 is 5.46. The molecule has 2 aromatic carbocycles. The molecule has 2 aromatic rings. The Kier molecular flexibility index (Phi) is 5.19. The molecule has 0 unspecified atom stereocenters. The van der Waals surface area contributed by atoms with E-state index in [1.807, 2.05) is 54.3 Å². The van der Waals surface area contributed by atoms with Gasteiger partial charge in [0.15, 0.2) is 0 Å². The van der Waals surface area contributed by atoms with Crippen molar-refractivity contribution in [3.05, 3.63) is 54.1 Å². The average molecular weight is 379 g/mol. The predicted octanol–water partition coefficient (Wildman–Crippen LogP) is 3.31. The van der Waals surface area contributed by atoms with Crippen molar-refractivity contribution in [3.8, 4) is 5.75 Å². The number of ether oxygens (including phenoxy) is 1. The summed E-state index contributed by atoms with van der Waals surface area (Å²) in [7, 11) is 0. The number of carbonyl (C=O) groups excluding carboxylic acids is 2. The monoisotopic (exact) mass is 379 g/mol. The van der Waals surface area contributed by atoms with Crippen molar-refractivity contribution in [2.75, 3.05) is 42.6 Å². The van der Waals surface area contributed by atoms with Gasteiger partial charge in [-0.1, -0.05) is 18.2 Å². The summed E-state index contributed by atoms with van der Waals surface area (Å²) in [6.45, 7) is 4.50. The van der Waals surface area contributed by atoms with Crippen LogP contribution in [-0.4, -0.2) is 49.6 Å². The molecule has 6 nitrogen and oxygen atoms in total. The van der Waals surface area contributed by atoms with Crippen LogP contribution < -0.4 is 14.5 Å². The standard InChI is InChI=1S/C22H25N3O3/c1-2-28-19-11-9-18(10-12-19)24-15-14-23(22(24)27)16-21(26)25-13-5-7-17-6-3-4-8-20(17)25/h3-4,6,8-12H,2,5,7,13-16H2,1H3. The molecule has 0 aliphatic carbocycles. The van der Waals surface area contributed by atoms with Crippen molar-refractivity contribution >= 4 is 23.3 Å². The predicted molar refractivity (Wildman–Crippen MR) is 109 cm³/mol. The Bertz CT molecular complexity index is 866. The minimum atomic E-state index is -0.122. The van der Waals surface area contributed by atoms with E-state index in [9.17, 15) is 9.59 Å². The quantitative estimate of drug-likeness (QED) is 0.801. The first kappa shape index (κ1) is 18.3. The number of aryl methyl sites for hydroxylation is 1. The highest BCUT2D eigenvalue weighted by atomic mass is 16.5. The number of anilines is 2. The molecule has 0 N–H and O–H groups in total. The maximum absolute atomic E-state index is 12.9. The van der Waals surface area contributed by atoms with Crippen LogP contribution in [0.3, 0.4) is 0 Å². The molecule has 3 amide bonds. The Morgan fingerprint density at radius 3 is 2.61 bits per heavy atom. The molecular formula is C22H25N3O3. The third-order valence-electron chi connectivity index (χ3n) is 5.29. The smallest absolute Gasteiger partial charge is 0.325 e. The fourth-order valence-electron chi connectivity index (χ4n) is 3.90. The molecule has 1 fully saturated rings. The normalized spacial score (nSPS) is 16.3. The van der Waals surface area contributed by atoms with Crippen molar-refractivity contribution < 1.29 is 14.3 Å². The van der Waals surface area contributed by atoms with E-state index in [2.05, 4.69) is 6.07 Å². The number of amides is 3. The number of benzene rings is 2. The summed E-state index contributed by atoms with van der Waals surface area (Å²) in [4.78, 5) is 30.9. The molecule has 6 heteroatoms. The van der Waals surface area contributed by atoms with E-state index < -0.39 is 0 Å². The van der Waals surface area contributed by atoms with Crippen LogP contribution in [0.5, 0.6) is 5.75 Å². The second-order valence-electron chi connectivity index (χ2n) is 7.06. The van der Waals surface area contributed by atoms with E-state index >= 15 is 0 Å². The van der Waals surface area contributed by atoms with E-state index in [0.29, 0.717) is 26.2 Å². The minimum Gasteiger partial charge on any atom is -0.494 e. The van der Waals surface area contributed by atoms with Gasteiger partial charge in [0.2, 0.25) is 5.91 Å². The zero-order valence-electron chi connectivity index (χ0n) is 16.1. The zero-order valence-corrected chi connectivity index (χ0v) is 16.1. The first-order chi connectivity index (χ1) is 13.7. The molecular weight excluding hydrogens is 354 g/mol. The van der Waals surface area contributed by atoms with E-state index in [0.717, 1.165) is 30.0 Å². The minimum absolute atomic E-state index is 0.0194. The van der Waals surface area contributed by atoms with Crippen LogP contribution in [0.15, 0.2) is 48.5 Å². The number of hydrogen-bond donors (Lipinski definition) is 0. The number of para-hydroxylation sites is 1. The van der Waals surface area contributed by atoms with Crippen molar-refractivity contribution in [1.82, 2.24) is 4.90 Å². The van der Waals surface area contributed by atoms with Gasteiger partial charge in [0, 0.05) is 31.0 Å². The highest BCUT2D eigenvalue weighted by Crippen LogP contribution is 2.28. The van der Waals surface area contributed by atoms with Gasteiger partial charge in [-0.15, -0.1) is 0 Å². The molecule has 1 saturated heterocycles. The molecule has 0 saturated carbocycles. The second kappa shape index (κ2) is 7.92. The van der Waals surface area contributed by atoms with Gasteiger partial charge in [-0.3, -0.25) is 9.69 Å². The average Bonchev–Trinajstić information content (AvgIpc) is 3.08. The molecule has 0 aromatic heterocycles. The van der Waals surface area contributed by atoms with E-state index in [4.69, 9.17) is 4.74 Å². The topological polar surface area (TPSA) is 53.1 Å². The van der Waals surface area contributed by atoms with Gasteiger partial charge in [-0.2, -0.15) is 0 Å². The zero-order chi connectivity index (χ0) is 19.5. The molecule has 28 heavy (non-hydrogen) atoms. The third-order valence-corrected chi connectivity index (χ3v) is 5.29. The first-order valence-electron chi connectivity index (χ1n) is 9.85. The second-order valence-corrected chi connectivity index (χ2v) is 7.06. The molecule has 2 aliphatic rings. The van der Waals surface area contributed by atoms with Gasteiger partial charge in [-0.05, 0) is 55.7 Å². The van der Waals surface area contributed by atoms with Gasteiger partial charge in [0.1, 0.15) is 12.3 Å². The Hall–Kier alpha value is -3.02. The molecule has 146 valence electrons. The first-order valence-corrected chi connectivity index (χ1v) is 9.85. The Morgan fingerprint density at radius 1 is 1.04 bits per heavy atom. The van der Waals surface area contributed by atoms with Crippen LogP contribution >= 0.6 is 0 Å². The summed E-state index contributed by atoms with van der Waals surface area (Å²) in [6.07, 6.45) is 1.95. The van der Waals surface area contributed by atoms with E-state index in [1.165, 1.54) is 5.56 Å². The van der Waals surface area contributed by atoms with Gasteiger partial charge >= 0.3 is 6.03 Å². The van der Waals surface area contributed by atoms with Crippen molar-refractivity contribution in [2.24, 2.45) is 0 Å². The van der Waals surface area contributed by atoms with Crippen molar-refractivity contribution in [3.63, 3.8) is 0 Å². The van der Waals surface area contributed by atoms with Gasteiger partial charge in [0.05, 0.1) is 6.61 Å². The number of hydrogen-bond acceptors (Lipinski definition) is 3. The van der Waals surface area contributed by atoms with Crippen LogP contribution in [0.4, 0.5) is 16.2 Å². The molecule has 0 bridgehead atoms. The van der Waals surface area contributed by atoms with Crippen LogP contribution in [0.25, 0.3) is 0 Å². The summed E-state index contributed by atoms with van der Waals surface area (Å²) in [5, 5.41) is 0. The maximum Gasteiger partial charge on any atom is 0.325 e. The van der Waals surface area contributed by atoms with Gasteiger partial charge in [0.25, 0.3) is 0 Å². The van der Waals surface area contributed by atoms with E-state index in [1.54, 1.807) is 9.80 Å². The highest BCUT2D eigenvalue weighted by Gasteiger charge is 2.33. The van der Waals surface area contributed by atoms with Gasteiger partial charge in [-0.25, -0.2) is 4.79 Å². The molecule has 0 spiro atoms. The van der Waals surface area contributed by atoms with Crippen LogP contribution in [-0.2, 0) is 11.2 Å². The Labute approximate surface area is 165 Å². The largest absolute Gasteiger partial charge is 0.494 e. The van der Waals surface area contributed by atoms with Crippen LogP contribution in [0.1, 0.15) is 18.9 Å². The lowest BCUT2D eigenvalue weighted by molar-refractivity contribution is -0.119. The SMILES string of the molecule is CCOc1ccc(N2CCN(CC(=O)N3CCCc4ccccc43)C2=O)cc1. The summed E-state index contributed by atoms with van der Waals surface area (Å²) in [6, 6.07) is 15.4. The molecule has 2 aliphatic heterocycles. The Balaban J connectivity index is 1.42. The van der Waals surface area contributed by atoms with Gasteiger partial charge < -0.3 is 14.5 Å². The third kappa shape index (κ3) is 3.54. The van der Waals surface area contributed by atoms with E-state index in [-0.39, 0.29) is 18.5 Å². The number of urea groups is 1. The van der Waals surface area contributed by atoms with Crippen molar-refractivity contribution in [2.45, 2.75) is 19.8 Å². The maximum atomic E-state index is 12.9. The van der Waals surface area contributed by atoms with Crippen LogP contribution in [0, 0.1) is 0 Å². The molecule has 4 rings (SSSR count). The van der Waals surface area contributed by atoms with Crippen LogP contribution in [0.2, 0.25) is 0 Å². The summed E-state index contributed by atoms with van der Waals surface area (Å²) >= 11 is 0. The molecule has 2 heterocycles. The van der Waals surface area contributed by atoms with Crippen molar-refractivity contribution in [1.29, 1.82) is 0 Å². The lowest BCUT2D eigenvalue weighted by Gasteiger charge is -2.30. The lowest BCUT2D eigenvalue weighted by Crippen LogP contribution is -2.44.